The number of nitrogens with one attached hydrogen (secondary N) is 1. The Labute approximate surface area is 181 Å². The van der Waals surface area contributed by atoms with Gasteiger partial charge in [-0.05, 0) is 47.9 Å². The summed E-state index contributed by atoms with van der Waals surface area (Å²) in [6.07, 6.45) is 0.694. The fourth-order valence-electron chi connectivity index (χ4n) is 4.52. The first-order chi connectivity index (χ1) is 14.7. The number of hydrogen-bond donors (Lipinski definition) is 1. The fraction of sp³-hybridized carbons (Fsp3) is 0.435. The molecular formula is C23H26F2N2O3S. The number of amides is 1. The predicted molar refractivity (Wildman–Crippen MR) is 115 cm³/mol. The molecule has 4 rings (SSSR count). The van der Waals surface area contributed by atoms with E-state index in [1.165, 1.54) is 12.1 Å². The maximum absolute atomic E-state index is 13.3. The number of hydrogen-bond acceptors (Lipinski definition) is 3. The Kier molecular flexibility index (Phi) is 6.12. The maximum atomic E-state index is 13.3. The van der Waals surface area contributed by atoms with E-state index in [1.54, 1.807) is 11.0 Å². The molecule has 8 heteroatoms. The summed E-state index contributed by atoms with van der Waals surface area (Å²) in [4.78, 5) is 14.8. The minimum Gasteiger partial charge on any atom is -0.341 e. The summed E-state index contributed by atoms with van der Waals surface area (Å²) in [5.74, 6) is -0.198. The summed E-state index contributed by atoms with van der Waals surface area (Å²) < 4.78 is 52.3. The van der Waals surface area contributed by atoms with Gasteiger partial charge in [-0.25, -0.2) is 21.9 Å². The molecule has 0 aromatic heterocycles. The van der Waals surface area contributed by atoms with Gasteiger partial charge in [0.05, 0.1) is 6.26 Å². The highest BCUT2D eigenvalue weighted by molar-refractivity contribution is 7.88. The quantitative estimate of drug-likeness (QED) is 0.728. The zero-order chi connectivity index (χ0) is 22.2. The van der Waals surface area contributed by atoms with Gasteiger partial charge < -0.3 is 4.90 Å². The SMILES string of the molecule is CS(=O)(=O)N[C@H]1CCCN(C(=O)[C@@H]2C[C@H]2c2ccc(C(F)F)cc2-c2ccccc2)C1. The van der Waals surface area contributed by atoms with Crippen LogP contribution in [0.25, 0.3) is 11.1 Å². The molecule has 166 valence electrons. The first kappa shape index (κ1) is 21.9. The van der Waals surface area contributed by atoms with E-state index in [2.05, 4.69) is 4.72 Å². The molecule has 1 N–H and O–H groups in total. The normalized spacial score (nSPS) is 23.7. The molecule has 2 aliphatic rings. The van der Waals surface area contributed by atoms with Crippen LogP contribution in [-0.2, 0) is 14.8 Å². The summed E-state index contributed by atoms with van der Waals surface area (Å²) in [7, 11) is -3.33. The number of carbonyl (C=O) groups is 1. The van der Waals surface area contributed by atoms with Crippen LogP contribution in [0.1, 0.15) is 42.7 Å². The lowest BCUT2D eigenvalue weighted by Crippen LogP contribution is -2.49. The lowest BCUT2D eigenvalue weighted by atomic mass is 9.93. The first-order valence-corrected chi connectivity index (χ1v) is 12.4. The van der Waals surface area contributed by atoms with Gasteiger partial charge in [0.1, 0.15) is 0 Å². The number of alkyl halides is 2. The van der Waals surface area contributed by atoms with Crippen molar-refractivity contribution in [2.45, 2.75) is 37.6 Å². The van der Waals surface area contributed by atoms with Crippen molar-refractivity contribution >= 4 is 15.9 Å². The Hall–Kier alpha value is -2.32. The molecule has 1 saturated heterocycles. The van der Waals surface area contributed by atoms with Gasteiger partial charge in [0.25, 0.3) is 6.43 Å². The standard InChI is InChI=1S/C23H26F2N2O3S/c1-31(29,30)26-17-8-5-11-27(14-17)23(28)21-13-20(21)18-10-9-16(22(24)25)12-19(18)15-6-3-2-4-7-15/h2-4,6-7,9-10,12,17,20-22,26H,5,8,11,13-14H2,1H3/t17-,20-,21+/m0/s1. The minimum absolute atomic E-state index is 0.0157. The summed E-state index contributed by atoms with van der Waals surface area (Å²) in [6, 6.07) is 13.8. The molecule has 1 aliphatic heterocycles. The number of carbonyl (C=O) groups excluding carboxylic acids is 1. The van der Waals surface area contributed by atoms with Crippen molar-refractivity contribution in [3.05, 3.63) is 59.7 Å². The van der Waals surface area contributed by atoms with Crippen LogP contribution in [0.2, 0.25) is 0 Å². The third-order valence-electron chi connectivity index (χ3n) is 6.04. The Morgan fingerprint density at radius 2 is 1.90 bits per heavy atom. The van der Waals surface area contributed by atoms with Crippen LogP contribution in [0.15, 0.2) is 48.5 Å². The second kappa shape index (κ2) is 8.67. The monoisotopic (exact) mass is 448 g/mol. The molecule has 2 aromatic rings. The van der Waals surface area contributed by atoms with Crippen molar-refractivity contribution in [1.29, 1.82) is 0 Å². The third kappa shape index (κ3) is 5.13. The van der Waals surface area contributed by atoms with Gasteiger partial charge >= 0.3 is 0 Å². The highest BCUT2D eigenvalue weighted by atomic mass is 32.2. The molecule has 1 amide bonds. The van der Waals surface area contributed by atoms with Gasteiger partial charge in [-0.1, -0.05) is 42.5 Å². The van der Waals surface area contributed by atoms with Crippen molar-refractivity contribution in [3.63, 3.8) is 0 Å². The minimum atomic E-state index is -3.33. The summed E-state index contributed by atoms with van der Waals surface area (Å²) >= 11 is 0. The number of likely N-dealkylation sites (tertiary alicyclic amines) is 1. The number of benzene rings is 2. The van der Waals surface area contributed by atoms with Crippen LogP contribution in [0.4, 0.5) is 8.78 Å². The highest BCUT2D eigenvalue weighted by Crippen LogP contribution is 2.51. The zero-order valence-electron chi connectivity index (χ0n) is 17.3. The molecule has 5 nitrogen and oxygen atoms in total. The average molecular weight is 449 g/mol. The van der Waals surface area contributed by atoms with Gasteiger partial charge in [-0.2, -0.15) is 0 Å². The van der Waals surface area contributed by atoms with Gasteiger partial charge in [-0.15, -0.1) is 0 Å². The van der Waals surface area contributed by atoms with E-state index in [4.69, 9.17) is 0 Å². The first-order valence-electron chi connectivity index (χ1n) is 10.5. The van der Waals surface area contributed by atoms with Crippen LogP contribution >= 0.6 is 0 Å². The molecular weight excluding hydrogens is 422 g/mol. The molecule has 1 heterocycles. The van der Waals surface area contributed by atoms with Crippen molar-refractivity contribution < 1.29 is 22.0 Å². The fourth-order valence-corrected chi connectivity index (χ4v) is 5.32. The van der Waals surface area contributed by atoms with Crippen LogP contribution in [0, 0.1) is 5.92 Å². The molecule has 0 bridgehead atoms. The molecule has 2 fully saturated rings. The van der Waals surface area contributed by atoms with E-state index in [0.717, 1.165) is 29.4 Å². The number of piperidine rings is 1. The second-order valence-corrected chi connectivity index (χ2v) is 10.3. The number of rotatable bonds is 6. The lowest BCUT2D eigenvalue weighted by molar-refractivity contribution is -0.133. The van der Waals surface area contributed by atoms with E-state index in [0.29, 0.717) is 25.9 Å². The van der Waals surface area contributed by atoms with Crippen LogP contribution in [-0.4, -0.2) is 44.6 Å². The van der Waals surface area contributed by atoms with Gasteiger partial charge in [0, 0.05) is 30.6 Å². The van der Waals surface area contributed by atoms with E-state index in [1.807, 2.05) is 30.3 Å². The van der Waals surface area contributed by atoms with Gasteiger partial charge in [0.2, 0.25) is 15.9 Å². The van der Waals surface area contributed by atoms with E-state index in [9.17, 15) is 22.0 Å². The van der Waals surface area contributed by atoms with Crippen LogP contribution in [0.5, 0.6) is 0 Å². The molecule has 0 spiro atoms. The van der Waals surface area contributed by atoms with Crippen molar-refractivity contribution in [2.75, 3.05) is 19.3 Å². The largest absolute Gasteiger partial charge is 0.341 e. The van der Waals surface area contributed by atoms with Crippen molar-refractivity contribution in [3.8, 4) is 11.1 Å². The second-order valence-electron chi connectivity index (χ2n) is 8.48. The van der Waals surface area contributed by atoms with E-state index in [-0.39, 0.29) is 29.3 Å². The predicted octanol–water partition coefficient (Wildman–Crippen LogP) is 3.93. The van der Waals surface area contributed by atoms with Gasteiger partial charge in [0.15, 0.2) is 0 Å². The molecule has 3 atom stereocenters. The number of nitrogens with zero attached hydrogens (tertiary/aromatic N) is 1. The highest BCUT2D eigenvalue weighted by Gasteiger charge is 2.47. The smallest absolute Gasteiger partial charge is 0.263 e. The summed E-state index contributed by atoms with van der Waals surface area (Å²) in [5.41, 5.74) is 2.48. The Morgan fingerprint density at radius 1 is 1.16 bits per heavy atom. The summed E-state index contributed by atoms with van der Waals surface area (Å²) in [5, 5.41) is 0. The van der Waals surface area contributed by atoms with Gasteiger partial charge in [-0.3, -0.25) is 4.79 Å². The van der Waals surface area contributed by atoms with Crippen molar-refractivity contribution in [2.24, 2.45) is 5.92 Å². The number of halogens is 2. The molecule has 1 saturated carbocycles. The van der Waals surface area contributed by atoms with E-state index >= 15 is 0 Å². The molecule has 31 heavy (non-hydrogen) atoms. The molecule has 1 aliphatic carbocycles. The topological polar surface area (TPSA) is 66.5 Å². The Morgan fingerprint density at radius 3 is 2.58 bits per heavy atom. The van der Waals surface area contributed by atoms with Crippen LogP contribution < -0.4 is 4.72 Å². The molecule has 0 radical (unpaired) electrons. The lowest BCUT2D eigenvalue weighted by Gasteiger charge is -2.33. The molecule has 2 aromatic carbocycles. The van der Waals surface area contributed by atoms with E-state index < -0.39 is 16.4 Å². The number of sulfonamides is 1. The third-order valence-corrected chi connectivity index (χ3v) is 6.80. The Bertz CT molecular complexity index is 1060. The maximum Gasteiger partial charge on any atom is 0.263 e. The summed E-state index contributed by atoms with van der Waals surface area (Å²) in [6.45, 7) is 0.977. The van der Waals surface area contributed by atoms with Crippen molar-refractivity contribution in [1.82, 2.24) is 9.62 Å². The van der Waals surface area contributed by atoms with Crippen LogP contribution in [0.3, 0.4) is 0 Å². The Balaban J connectivity index is 1.53. The molecule has 0 unspecified atom stereocenters. The zero-order valence-corrected chi connectivity index (χ0v) is 18.1. The average Bonchev–Trinajstić information content (AvgIpc) is 3.53.